The van der Waals surface area contributed by atoms with Crippen LogP contribution in [0.2, 0.25) is 5.02 Å². The van der Waals surface area contributed by atoms with E-state index in [0.29, 0.717) is 28.9 Å². The Balaban J connectivity index is 1.94. The largest absolute Gasteiger partial charge is 0.493 e. The van der Waals surface area contributed by atoms with Crippen molar-refractivity contribution in [2.75, 3.05) is 20.3 Å². The van der Waals surface area contributed by atoms with Gasteiger partial charge in [0.2, 0.25) is 0 Å². The number of para-hydroxylation sites is 1. The number of nitrogens with one attached hydrogen (secondary N) is 1. The van der Waals surface area contributed by atoms with Crippen molar-refractivity contribution < 1.29 is 19.0 Å². The highest BCUT2D eigenvalue weighted by Gasteiger charge is 2.11. The van der Waals surface area contributed by atoms with E-state index < -0.39 is 5.91 Å². The highest BCUT2D eigenvalue weighted by atomic mass is 79.9. The molecule has 2 aromatic carbocycles. The third-order valence-electron chi connectivity index (χ3n) is 3.30. The van der Waals surface area contributed by atoms with Gasteiger partial charge < -0.3 is 14.2 Å². The minimum atomic E-state index is -0.403. The molecule has 1 N–H and O–H groups in total. The fourth-order valence-electron chi connectivity index (χ4n) is 2.07. The van der Waals surface area contributed by atoms with Gasteiger partial charge in [-0.2, -0.15) is 5.10 Å². The maximum atomic E-state index is 11.8. The zero-order chi connectivity index (χ0) is 19.6. The van der Waals surface area contributed by atoms with Crippen molar-refractivity contribution in [3.05, 3.63) is 51.5 Å². The summed E-state index contributed by atoms with van der Waals surface area (Å²) in [5.41, 5.74) is 3.13. The zero-order valence-electron chi connectivity index (χ0n) is 15.0. The first-order valence-corrected chi connectivity index (χ1v) is 9.41. The summed E-state index contributed by atoms with van der Waals surface area (Å²) in [6.45, 7) is 2.42. The van der Waals surface area contributed by atoms with E-state index in [2.05, 4.69) is 26.5 Å². The van der Waals surface area contributed by atoms with E-state index in [-0.39, 0.29) is 6.61 Å². The first-order valence-electron chi connectivity index (χ1n) is 8.24. The average molecular weight is 456 g/mol. The molecule has 2 aromatic rings. The molecule has 0 aliphatic rings. The lowest BCUT2D eigenvalue weighted by molar-refractivity contribution is -0.123. The summed E-state index contributed by atoms with van der Waals surface area (Å²) in [7, 11) is 1.56. The molecule has 0 spiro atoms. The standard InChI is InChI=1S/C19H20BrClN2O4/c1-3-8-26-19-14(20)9-13(10-17(19)25-2)11-22-23-18(24)12-27-16-7-5-4-6-15(16)21/h4-7,9-11H,3,8,12H2,1-2H3,(H,23,24). The lowest BCUT2D eigenvalue weighted by atomic mass is 10.2. The molecule has 2 rings (SSSR count). The summed E-state index contributed by atoms with van der Waals surface area (Å²) < 4.78 is 17.1. The van der Waals surface area contributed by atoms with Crippen LogP contribution in [0.4, 0.5) is 0 Å². The molecule has 27 heavy (non-hydrogen) atoms. The number of nitrogens with zero attached hydrogens (tertiary/aromatic N) is 1. The van der Waals surface area contributed by atoms with Crippen LogP contribution in [0.5, 0.6) is 17.2 Å². The minimum Gasteiger partial charge on any atom is -0.493 e. The Bertz CT molecular complexity index is 814. The fraction of sp³-hybridized carbons (Fsp3) is 0.263. The molecule has 0 fully saturated rings. The van der Waals surface area contributed by atoms with Crippen LogP contribution in [0.25, 0.3) is 0 Å². The molecule has 0 heterocycles. The first kappa shape index (κ1) is 21.1. The van der Waals surface area contributed by atoms with Gasteiger partial charge in [-0.25, -0.2) is 5.43 Å². The molecular weight excluding hydrogens is 436 g/mol. The van der Waals surface area contributed by atoms with Crippen molar-refractivity contribution in [2.24, 2.45) is 5.10 Å². The highest BCUT2D eigenvalue weighted by Crippen LogP contribution is 2.36. The van der Waals surface area contributed by atoms with Gasteiger partial charge in [-0.1, -0.05) is 30.7 Å². The lowest BCUT2D eigenvalue weighted by Crippen LogP contribution is -2.24. The SMILES string of the molecule is CCCOc1c(Br)cc(C=NNC(=O)COc2ccccc2Cl)cc1OC. The van der Waals surface area contributed by atoms with Crippen LogP contribution < -0.4 is 19.6 Å². The Morgan fingerprint density at radius 1 is 1.26 bits per heavy atom. The van der Waals surface area contributed by atoms with Crippen LogP contribution in [0.15, 0.2) is 46.0 Å². The Morgan fingerprint density at radius 2 is 2.04 bits per heavy atom. The predicted molar refractivity (Wildman–Crippen MR) is 109 cm³/mol. The highest BCUT2D eigenvalue weighted by molar-refractivity contribution is 9.10. The predicted octanol–water partition coefficient (Wildman–Crippen LogP) is 4.43. The maximum Gasteiger partial charge on any atom is 0.277 e. The molecule has 0 radical (unpaired) electrons. The molecule has 0 aliphatic carbocycles. The van der Waals surface area contributed by atoms with Crippen LogP contribution in [0.1, 0.15) is 18.9 Å². The molecule has 0 saturated carbocycles. The summed E-state index contributed by atoms with van der Waals surface area (Å²) in [5, 5.41) is 4.37. The van der Waals surface area contributed by atoms with Gasteiger partial charge in [-0.15, -0.1) is 0 Å². The molecule has 0 atom stereocenters. The van der Waals surface area contributed by atoms with E-state index in [1.54, 1.807) is 37.4 Å². The number of carbonyl (C=O) groups is 1. The molecule has 1 amide bonds. The number of methoxy groups -OCH3 is 1. The summed E-state index contributed by atoms with van der Waals surface area (Å²) in [4.78, 5) is 11.8. The minimum absolute atomic E-state index is 0.197. The van der Waals surface area contributed by atoms with Crippen molar-refractivity contribution in [1.29, 1.82) is 0 Å². The van der Waals surface area contributed by atoms with Gasteiger partial charge in [0.15, 0.2) is 18.1 Å². The van der Waals surface area contributed by atoms with Crippen LogP contribution in [0.3, 0.4) is 0 Å². The number of amides is 1. The Kier molecular flexibility index (Phi) is 8.42. The van der Waals surface area contributed by atoms with Crippen molar-refractivity contribution in [3.8, 4) is 17.2 Å². The smallest absolute Gasteiger partial charge is 0.277 e. The fourth-order valence-corrected chi connectivity index (χ4v) is 2.84. The van der Waals surface area contributed by atoms with Gasteiger partial charge >= 0.3 is 0 Å². The summed E-state index contributed by atoms with van der Waals surface area (Å²) in [6, 6.07) is 10.5. The Labute approximate surface area is 171 Å². The van der Waals surface area contributed by atoms with Crippen LogP contribution in [0, 0.1) is 0 Å². The number of rotatable bonds is 9. The van der Waals surface area contributed by atoms with E-state index in [9.17, 15) is 4.79 Å². The van der Waals surface area contributed by atoms with Crippen molar-refractivity contribution in [1.82, 2.24) is 5.43 Å². The summed E-state index contributed by atoms with van der Waals surface area (Å²) in [6.07, 6.45) is 2.39. The average Bonchev–Trinajstić information content (AvgIpc) is 2.66. The molecule has 0 bridgehead atoms. The monoisotopic (exact) mass is 454 g/mol. The molecule has 0 aromatic heterocycles. The van der Waals surface area contributed by atoms with Gasteiger partial charge in [0.25, 0.3) is 5.91 Å². The molecular formula is C19H20BrClN2O4. The Hall–Kier alpha value is -2.25. The first-order chi connectivity index (χ1) is 13.0. The van der Waals surface area contributed by atoms with Crippen LogP contribution in [-0.2, 0) is 4.79 Å². The third kappa shape index (κ3) is 6.45. The van der Waals surface area contributed by atoms with Crippen LogP contribution >= 0.6 is 27.5 Å². The van der Waals surface area contributed by atoms with Gasteiger partial charge in [0.1, 0.15) is 5.75 Å². The normalized spacial score (nSPS) is 10.7. The number of hydrazone groups is 1. The number of halogens is 2. The second kappa shape index (κ2) is 10.8. The molecule has 8 heteroatoms. The second-order valence-corrected chi connectivity index (χ2v) is 6.66. The topological polar surface area (TPSA) is 69.2 Å². The molecule has 0 unspecified atom stereocenters. The van der Waals surface area contributed by atoms with Crippen molar-refractivity contribution >= 4 is 39.7 Å². The quantitative estimate of drug-likeness (QED) is 0.449. The summed E-state index contributed by atoms with van der Waals surface area (Å²) in [5.74, 6) is 1.25. The van der Waals surface area contributed by atoms with Gasteiger partial charge in [0, 0.05) is 0 Å². The number of hydrogen-bond acceptors (Lipinski definition) is 5. The third-order valence-corrected chi connectivity index (χ3v) is 4.20. The van der Waals surface area contributed by atoms with Gasteiger partial charge in [0.05, 0.1) is 29.4 Å². The van der Waals surface area contributed by atoms with Crippen molar-refractivity contribution in [3.63, 3.8) is 0 Å². The van der Waals surface area contributed by atoms with Crippen molar-refractivity contribution in [2.45, 2.75) is 13.3 Å². The molecule has 144 valence electrons. The van der Waals surface area contributed by atoms with Crippen LogP contribution in [-0.4, -0.2) is 32.4 Å². The van der Waals surface area contributed by atoms with Gasteiger partial charge in [-0.05, 0) is 52.2 Å². The van der Waals surface area contributed by atoms with E-state index >= 15 is 0 Å². The number of benzene rings is 2. The number of hydrogen-bond donors (Lipinski definition) is 1. The van der Waals surface area contributed by atoms with Gasteiger partial charge in [-0.3, -0.25) is 4.79 Å². The van der Waals surface area contributed by atoms with E-state index in [1.807, 2.05) is 13.0 Å². The number of ether oxygens (including phenoxy) is 3. The maximum absolute atomic E-state index is 11.8. The molecule has 0 aliphatic heterocycles. The van der Waals surface area contributed by atoms with E-state index in [0.717, 1.165) is 16.5 Å². The molecule has 0 saturated heterocycles. The van der Waals surface area contributed by atoms with E-state index in [1.165, 1.54) is 6.21 Å². The zero-order valence-corrected chi connectivity index (χ0v) is 17.3. The number of carbonyl (C=O) groups excluding carboxylic acids is 1. The molecule has 6 nitrogen and oxygen atoms in total. The summed E-state index contributed by atoms with van der Waals surface area (Å²) >= 11 is 9.43. The second-order valence-electron chi connectivity index (χ2n) is 5.39. The lowest BCUT2D eigenvalue weighted by Gasteiger charge is -2.12. The Morgan fingerprint density at radius 3 is 2.74 bits per heavy atom. The van der Waals surface area contributed by atoms with E-state index in [4.69, 9.17) is 25.8 Å².